The number of aromatic nitrogens is 4. The van der Waals surface area contributed by atoms with Crippen LogP contribution >= 0.6 is 0 Å². The summed E-state index contributed by atoms with van der Waals surface area (Å²) in [6.45, 7) is 0. The van der Waals surface area contributed by atoms with E-state index in [1.165, 1.54) is 0 Å². The fourth-order valence-electron chi connectivity index (χ4n) is 1.66. The topological polar surface area (TPSA) is 55.6 Å². The van der Waals surface area contributed by atoms with Gasteiger partial charge in [0, 0.05) is 30.5 Å². The van der Waals surface area contributed by atoms with E-state index in [-0.39, 0.29) is 0 Å². The Bertz CT molecular complexity index is 619. The van der Waals surface area contributed by atoms with Crippen molar-refractivity contribution in [1.29, 1.82) is 0 Å². The molecule has 0 aliphatic heterocycles. The van der Waals surface area contributed by atoms with Crippen molar-refractivity contribution in [2.45, 2.75) is 0 Å². The molecule has 0 unspecified atom stereocenters. The molecule has 88 valence electrons. The molecule has 5 heteroatoms. The monoisotopic (exact) mass is 237 g/mol. The molecule has 1 aromatic carbocycles. The summed E-state index contributed by atoms with van der Waals surface area (Å²) in [7, 11) is 0. The summed E-state index contributed by atoms with van der Waals surface area (Å²) < 4.78 is 1.81. The highest BCUT2D eigenvalue weighted by atomic mass is 15.3. The molecule has 0 bridgehead atoms. The predicted octanol–water partition coefficient (Wildman–Crippen LogP) is 2.41. The van der Waals surface area contributed by atoms with E-state index in [0.717, 1.165) is 17.2 Å². The molecule has 2 heterocycles. The average Bonchev–Trinajstić information content (AvgIpc) is 2.94. The number of hydrogen-bond acceptors (Lipinski definition) is 4. The van der Waals surface area contributed by atoms with E-state index in [0.29, 0.717) is 0 Å². The Hall–Kier alpha value is -2.69. The molecule has 1 N–H and O–H groups in total. The molecule has 0 aliphatic rings. The highest BCUT2D eigenvalue weighted by molar-refractivity contribution is 5.58. The molecule has 5 nitrogen and oxygen atoms in total. The zero-order chi connectivity index (χ0) is 12.2. The lowest BCUT2D eigenvalue weighted by atomic mass is 10.3. The maximum absolute atomic E-state index is 4.20. The summed E-state index contributed by atoms with van der Waals surface area (Å²) >= 11 is 0. The third-order valence-corrected chi connectivity index (χ3v) is 2.45. The zero-order valence-electron chi connectivity index (χ0n) is 9.56. The van der Waals surface area contributed by atoms with E-state index in [1.54, 1.807) is 24.8 Å². The lowest BCUT2D eigenvalue weighted by Gasteiger charge is -2.07. The van der Waals surface area contributed by atoms with E-state index in [2.05, 4.69) is 20.4 Å². The van der Waals surface area contributed by atoms with Crippen LogP contribution in [-0.2, 0) is 0 Å². The van der Waals surface area contributed by atoms with E-state index >= 15 is 0 Å². The van der Waals surface area contributed by atoms with E-state index in [4.69, 9.17) is 0 Å². The van der Waals surface area contributed by atoms with Gasteiger partial charge in [0.05, 0.1) is 11.9 Å². The van der Waals surface area contributed by atoms with Gasteiger partial charge in [-0.2, -0.15) is 5.10 Å². The van der Waals surface area contributed by atoms with Crippen LogP contribution in [0.5, 0.6) is 0 Å². The van der Waals surface area contributed by atoms with Gasteiger partial charge in [0.15, 0.2) is 0 Å². The van der Waals surface area contributed by atoms with Crippen LogP contribution in [0.2, 0.25) is 0 Å². The van der Waals surface area contributed by atoms with Gasteiger partial charge in [-0.15, -0.1) is 0 Å². The lowest BCUT2D eigenvalue weighted by molar-refractivity contribution is 0.881. The van der Waals surface area contributed by atoms with Crippen LogP contribution in [0.4, 0.5) is 11.5 Å². The maximum atomic E-state index is 4.20. The largest absolute Gasteiger partial charge is 0.339 e. The fourth-order valence-corrected chi connectivity index (χ4v) is 1.66. The molecular formula is C13H11N5. The first-order chi connectivity index (χ1) is 8.92. The van der Waals surface area contributed by atoms with Crippen LogP contribution in [-0.4, -0.2) is 19.7 Å². The number of rotatable bonds is 3. The molecule has 0 amide bonds. The van der Waals surface area contributed by atoms with Crippen molar-refractivity contribution in [3.05, 3.63) is 61.3 Å². The quantitative estimate of drug-likeness (QED) is 0.760. The van der Waals surface area contributed by atoms with Crippen LogP contribution in [0.3, 0.4) is 0 Å². The van der Waals surface area contributed by atoms with Gasteiger partial charge >= 0.3 is 0 Å². The van der Waals surface area contributed by atoms with Gasteiger partial charge in [-0.1, -0.05) is 6.07 Å². The minimum Gasteiger partial charge on any atom is -0.339 e. The van der Waals surface area contributed by atoms with Crippen LogP contribution in [0.1, 0.15) is 0 Å². The van der Waals surface area contributed by atoms with Crippen molar-refractivity contribution in [2.24, 2.45) is 0 Å². The molecule has 3 aromatic rings. The molecule has 0 aliphatic carbocycles. The molecule has 0 fully saturated rings. The number of nitrogens with one attached hydrogen (secondary N) is 1. The number of nitrogens with zero attached hydrogens (tertiary/aromatic N) is 4. The molecule has 2 aromatic heterocycles. The Morgan fingerprint density at radius 3 is 2.83 bits per heavy atom. The molecule has 0 atom stereocenters. The average molecular weight is 237 g/mol. The maximum Gasteiger partial charge on any atom is 0.148 e. The first-order valence-electron chi connectivity index (χ1n) is 5.55. The van der Waals surface area contributed by atoms with Crippen molar-refractivity contribution in [3.63, 3.8) is 0 Å². The minimum absolute atomic E-state index is 0.718. The predicted molar refractivity (Wildman–Crippen MR) is 68.9 cm³/mol. The summed E-state index contributed by atoms with van der Waals surface area (Å²) in [4.78, 5) is 8.18. The summed E-state index contributed by atoms with van der Waals surface area (Å²) in [5, 5.41) is 7.39. The van der Waals surface area contributed by atoms with Gasteiger partial charge in [-0.3, -0.25) is 4.98 Å². The van der Waals surface area contributed by atoms with Crippen molar-refractivity contribution in [1.82, 2.24) is 19.7 Å². The standard InChI is InChI=1S/C13H11N5/c1-3-11(17-13-10-14-6-7-15-13)9-12(4-1)18-8-2-5-16-18/h1-10H,(H,15,17). The summed E-state index contributed by atoms with van der Waals surface area (Å²) in [6, 6.07) is 9.83. The van der Waals surface area contributed by atoms with Gasteiger partial charge < -0.3 is 5.32 Å². The highest BCUT2D eigenvalue weighted by Gasteiger charge is 1.99. The Labute approximate surface area is 104 Å². The Kier molecular flexibility index (Phi) is 2.71. The van der Waals surface area contributed by atoms with E-state index in [1.807, 2.05) is 41.2 Å². The first kappa shape index (κ1) is 10.5. The Morgan fingerprint density at radius 1 is 1.06 bits per heavy atom. The van der Waals surface area contributed by atoms with Crippen LogP contribution < -0.4 is 5.32 Å². The third-order valence-electron chi connectivity index (χ3n) is 2.45. The SMILES string of the molecule is c1cc(Nc2cnccn2)cc(-n2cccn2)c1. The second kappa shape index (κ2) is 4.67. The van der Waals surface area contributed by atoms with Crippen molar-refractivity contribution < 1.29 is 0 Å². The van der Waals surface area contributed by atoms with E-state index < -0.39 is 0 Å². The lowest BCUT2D eigenvalue weighted by Crippen LogP contribution is -1.97. The van der Waals surface area contributed by atoms with Gasteiger partial charge in [0.2, 0.25) is 0 Å². The molecule has 3 rings (SSSR count). The minimum atomic E-state index is 0.718. The van der Waals surface area contributed by atoms with Gasteiger partial charge in [0.25, 0.3) is 0 Å². The number of anilines is 2. The van der Waals surface area contributed by atoms with Crippen molar-refractivity contribution >= 4 is 11.5 Å². The Balaban J connectivity index is 1.88. The Morgan fingerprint density at radius 2 is 2.06 bits per heavy atom. The second-order valence-electron chi connectivity index (χ2n) is 3.72. The fraction of sp³-hybridized carbons (Fsp3) is 0. The van der Waals surface area contributed by atoms with E-state index in [9.17, 15) is 0 Å². The zero-order valence-corrected chi connectivity index (χ0v) is 9.56. The third kappa shape index (κ3) is 2.20. The molecular weight excluding hydrogens is 226 g/mol. The summed E-state index contributed by atoms with van der Waals surface area (Å²) in [6.07, 6.45) is 8.63. The number of benzene rings is 1. The van der Waals surface area contributed by atoms with Gasteiger partial charge in [-0.05, 0) is 24.3 Å². The summed E-state index contributed by atoms with van der Waals surface area (Å²) in [5.74, 6) is 0.718. The summed E-state index contributed by atoms with van der Waals surface area (Å²) in [5.41, 5.74) is 1.94. The van der Waals surface area contributed by atoms with Crippen molar-refractivity contribution in [3.8, 4) is 5.69 Å². The number of hydrogen-bond donors (Lipinski definition) is 1. The molecule has 0 radical (unpaired) electrons. The van der Waals surface area contributed by atoms with Crippen LogP contribution in [0.25, 0.3) is 5.69 Å². The van der Waals surface area contributed by atoms with Crippen LogP contribution in [0.15, 0.2) is 61.3 Å². The highest BCUT2D eigenvalue weighted by Crippen LogP contribution is 2.17. The van der Waals surface area contributed by atoms with Gasteiger partial charge in [0.1, 0.15) is 5.82 Å². The first-order valence-corrected chi connectivity index (χ1v) is 5.55. The van der Waals surface area contributed by atoms with Crippen LogP contribution in [0, 0.1) is 0 Å². The second-order valence-corrected chi connectivity index (χ2v) is 3.72. The smallest absolute Gasteiger partial charge is 0.148 e. The molecule has 18 heavy (non-hydrogen) atoms. The molecule has 0 saturated carbocycles. The molecule has 0 saturated heterocycles. The van der Waals surface area contributed by atoms with Crippen molar-refractivity contribution in [2.75, 3.05) is 5.32 Å². The molecule has 0 spiro atoms. The normalized spacial score (nSPS) is 10.2. The van der Waals surface area contributed by atoms with Gasteiger partial charge in [-0.25, -0.2) is 9.67 Å².